The Bertz CT molecular complexity index is 669. The number of sulfonamides is 1. The molecule has 0 aliphatic heterocycles. The minimum Gasteiger partial charge on any atom is -0.362 e. The van der Waals surface area contributed by atoms with Crippen molar-refractivity contribution in [1.82, 2.24) is 10.5 Å². The summed E-state index contributed by atoms with van der Waals surface area (Å²) in [6, 6.07) is 7.07. The first kappa shape index (κ1) is 15.5. The molecular formula is C14H19N3O3S. The Kier molecular flexibility index (Phi) is 4.98. The molecule has 0 aliphatic rings. The zero-order valence-electron chi connectivity index (χ0n) is 12.0. The smallest absolute Gasteiger partial charge is 0.262 e. The van der Waals surface area contributed by atoms with Crippen molar-refractivity contribution in [2.75, 3.05) is 11.3 Å². The zero-order valence-corrected chi connectivity index (χ0v) is 12.9. The molecule has 2 aromatic rings. The topological polar surface area (TPSA) is 84.2 Å². The van der Waals surface area contributed by atoms with E-state index >= 15 is 0 Å². The first-order valence-corrected chi connectivity index (χ1v) is 8.30. The Morgan fingerprint density at radius 3 is 2.76 bits per heavy atom. The molecule has 0 aliphatic carbocycles. The Balaban J connectivity index is 2.27. The third-order valence-corrected chi connectivity index (χ3v) is 4.49. The first-order valence-electron chi connectivity index (χ1n) is 6.82. The van der Waals surface area contributed by atoms with Crippen molar-refractivity contribution < 1.29 is 12.9 Å². The van der Waals surface area contributed by atoms with E-state index in [1.165, 1.54) is 12.5 Å². The highest BCUT2D eigenvalue weighted by atomic mass is 32.2. The van der Waals surface area contributed by atoms with Crippen LogP contribution in [0.15, 0.2) is 46.1 Å². The molecule has 2 rings (SSSR count). The van der Waals surface area contributed by atoms with Gasteiger partial charge in [-0.2, -0.15) is 0 Å². The maximum atomic E-state index is 12.3. The van der Waals surface area contributed by atoms with Gasteiger partial charge >= 0.3 is 0 Å². The monoisotopic (exact) mass is 309 g/mol. The van der Waals surface area contributed by atoms with Crippen LogP contribution in [0.2, 0.25) is 0 Å². The second kappa shape index (κ2) is 6.73. The van der Waals surface area contributed by atoms with E-state index in [9.17, 15) is 8.42 Å². The van der Waals surface area contributed by atoms with Crippen LogP contribution in [0.1, 0.15) is 31.9 Å². The van der Waals surface area contributed by atoms with Gasteiger partial charge in [-0.1, -0.05) is 31.1 Å². The number of aromatic nitrogens is 1. The van der Waals surface area contributed by atoms with Gasteiger partial charge in [0, 0.05) is 6.04 Å². The summed E-state index contributed by atoms with van der Waals surface area (Å²) < 4.78 is 31.7. The molecule has 0 amide bonds. The van der Waals surface area contributed by atoms with Crippen LogP contribution in [-0.2, 0) is 10.0 Å². The second-order valence-corrected chi connectivity index (χ2v) is 6.29. The summed E-state index contributed by atoms with van der Waals surface area (Å²) >= 11 is 0. The number of nitrogens with zero attached hydrogens (tertiary/aromatic N) is 1. The Morgan fingerprint density at radius 2 is 2.14 bits per heavy atom. The van der Waals surface area contributed by atoms with E-state index in [-0.39, 0.29) is 10.9 Å². The summed E-state index contributed by atoms with van der Waals surface area (Å²) in [5, 5.41) is 6.80. The fraction of sp³-hybridized carbons (Fsp3) is 0.357. The minimum absolute atomic E-state index is 0.140. The van der Waals surface area contributed by atoms with Crippen molar-refractivity contribution in [2.24, 2.45) is 0 Å². The fourth-order valence-electron chi connectivity index (χ4n) is 2.11. The summed E-state index contributed by atoms with van der Waals surface area (Å²) in [4.78, 5) is 0.220. The van der Waals surface area contributed by atoms with Crippen LogP contribution in [0, 0.1) is 0 Å². The molecular weight excluding hydrogens is 290 g/mol. The van der Waals surface area contributed by atoms with Gasteiger partial charge in [-0.15, -0.1) is 0 Å². The molecule has 6 nitrogen and oxygen atoms in total. The summed E-state index contributed by atoms with van der Waals surface area (Å²) in [6.45, 7) is 4.91. The van der Waals surface area contributed by atoms with Gasteiger partial charge in [0.1, 0.15) is 12.0 Å². The van der Waals surface area contributed by atoms with Gasteiger partial charge < -0.3 is 9.84 Å². The third-order valence-electron chi connectivity index (χ3n) is 3.11. The first-order chi connectivity index (χ1) is 10.1. The van der Waals surface area contributed by atoms with Crippen LogP contribution in [0.3, 0.4) is 0 Å². The van der Waals surface area contributed by atoms with Crippen LogP contribution in [0.25, 0.3) is 0 Å². The minimum atomic E-state index is -3.64. The zero-order chi connectivity index (χ0) is 15.3. The molecule has 114 valence electrons. The number of rotatable bonds is 7. The van der Waals surface area contributed by atoms with E-state index in [1.807, 2.05) is 13.0 Å². The summed E-state index contributed by atoms with van der Waals surface area (Å²) in [5.41, 5.74) is 1.26. The van der Waals surface area contributed by atoms with Crippen LogP contribution < -0.4 is 10.0 Å². The molecule has 0 saturated carbocycles. The average molecular weight is 309 g/mol. The van der Waals surface area contributed by atoms with Crippen LogP contribution >= 0.6 is 0 Å². The lowest BCUT2D eigenvalue weighted by Crippen LogP contribution is -2.20. The quantitative estimate of drug-likeness (QED) is 0.821. The van der Waals surface area contributed by atoms with Crippen LogP contribution in [-0.4, -0.2) is 20.1 Å². The molecule has 2 N–H and O–H groups in total. The van der Waals surface area contributed by atoms with Gasteiger partial charge in [0.2, 0.25) is 0 Å². The molecule has 21 heavy (non-hydrogen) atoms. The predicted molar refractivity (Wildman–Crippen MR) is 80.5 cm³/mol. The molecule has 0 spiro atoms. The van der Waals surface area contributed by atoms with Crippen molar-refractivity contribution in [2.45, 2.75) is 31.2 Å². The van der Waals surface area contributed by atoms with Crippen molar-refractivity contribution in [3.63, 3.8) is 0 Å². The number of hydrogen-bond donors (Lipinski definition) is 2. The van der Waals surface area contributed by atoms with Gasteiger partial charge in [-0.3, -0.25) is 4.72 Å². The number of nitrogens with one attached hydrogen (secondary N) is 2. The highest BCUT2D eigenvalue weighted by Gasteiger charge is 2.17. The largest absolute Gasteiger partial charge is 0.362 e. The van der Waals surface area contributed by atoms with E-state index in [0.717, 1.165) is 18.5 Å². The van der Waals surface area contributed by atoms with E-state index < -0.39 is 10.0 Å². The maximum absolute atomic E-state index is 12.3. The standard InChI is InChI=1S/C14H19N3O3S/c1-3-14(15-4-2)11-6-5-7-13(8-11)21(18,19)17-12-9-16-20-10-12/h5-10,14-15,17H,3-4H2,1-2H3. The molecule has 0 saturated heterocycles. The highest BCUT2D eigenvalue weighted by Crippen LogP contribution is 2.21. The van der Waals surface area contributed by atoms with E-state index in [4.69, 9.17) is 0 Å². The van der Waals surface area contributed by atoms with Crippen molar-refractivity contribution >= 4 is 15.7 Å². The molecule has 7 heteroatoms. The molecule has 0 bridgehead atoms. The van der Waals surface area contributed by atoms with E-state index in [0.29, 0.717) is 5.69 Å². The van der Waals surface area contributed by atoms with Gasteiger partial charge in [0.25, 0.3) is 10.0 Å². The average Bonchev–Trinajstić information content (AvgIpc) is 2.97. The molecule has 0 radical (unpaired) electrons. The predicted octanol–water partition coefficient (Wildman–Crippen LogP) is 2.54. The summed E-state index contributed by atoms with van der Waals surface area (Å²) in [6.07, 6.45) is 3.44. The van der Waals surface area contributed by atoms with Gasteiger partial charge in [0.05, 0.1) is 11.1 Å². The molecule has 0 fully saturated rings. The van der Waals surface area contributed by atoms with Gasteiger partial charge in [-0.25, -0.2) is 8.42 Å². The number of anilines is 1. The lowest BCUT2D eigenvalue weighted by atomic mass is 10.0. The second-order valence-electron chi connectivity index (χ2n) is 4.61. The maximum Gasteiger partial charge on any atom is 0.262 e. The summed E-state index contributed by atoms with van der Waals surface area (Å²) in [7, 11) is -3.64. The van der Waals surface area contributed by atoms with Gasteiger partial charge in [0.15, 0.2) is 0 Å². The van der Waals surface area contributed by atoms with Crippen molar-refractivity contribution in [3.05, 3.63) is 42.3 Å². The Labute approximate surface area is 124 Å². The van der Waals surface area contributed by atoms with Crippen molar-refractivity contribution in [3.8, 4) is 0 Å². The lowest BCUT2D eigenvalue weighted by molar-refractivity contribution is 0.420. The third kappa shape index (κ3) is 3.83. The molecule has 1 aromatic carbocycles. The molecule has 1 aromatic heterocycles. The Morgan fingerprint density at radius 1 is 1.33 bits per heavy atom. The normalized spacial score (nSPS) is 13.0. The summed E-state index contributed by atoms with van der Waals surface area (Å²) in [5.74, 6) is 0. The number of hydrogen-bond acceptors (Lipinski definition) is 5. The Hall–Kier alpha value is -1.86. The fourth-order valence-corrected chi connectivity index (χ4v) is 3.19. The van der Waals surface area contributed by atoms with Crippen LogP contribution in [0.4, 0.5) is 5.69 Å². The van der Waals surface area contributed by atoms with E-state index in [2.05, 4.69) is 26.6 Å². The van der Waals surface area contributed by atoms with Gasteiger partial charge in [-0.05, 0) is 30.7 Å². The lowest BCUT2D eigenvalue weighted by Gasteiger charge is -2.17. The van der Waals surface area contributed by atoms with Crippen molar-refractivity contribution in [1.29, 1.82) is 0 Å². The highest BCUT2D eigenvalue weighted by molar-refractivity contribution is 7.92. The van der Waals surface area contributed by atoms with Crippen LogP contribution in [0.5, 0.6) is 0 Å². The number of benzene rings is 1. The SMILES string of the molecule is CCNC(CC)c1cccc(S(=O)(=O)Nc2cnoc2)c1. The molecule has 1 heterocycles. The van der Waals surface area contributed by atoms with E-state index in [1.54, 1.807) is 18.2 Å². The molecule has 1 atom stereocenters. The molecule has 1 unspecified atom stereocenters.